The van der Waals surface area contributed by atoms with Crippen LogP contribution in [0.15, 0.2) is 71.1 Å². The number of amides is 2. The third-order valence-corrected chi connectivity index (χ3v) is 7.82. The van der Waals surface area contributed by atoms with E-state index in [-0.39, 0.29) is 18.0 Å². The number of benzene rings is 2. The molecule has 3 aromatic rings. The molecule has 2 amide bonds. The number of urea groups is 1. The third kappa shape index (κ3) is 7.89. The number of imidazole rings is 1. The molecule has 12 heteroatoms. The van der Waals surface area contributed by atoms with Crippen molar-refractivity contribution >= 4 is 34.0 Å². The lowest BCUT2D eigenvalue weighted by Crippen LogP contribution is -2.39. The fraction of sp³-hybridized carbons (Fsp3) is 0.321. The van der Waals surface area contributed by atoms with Crippen LogP contribution in [-0.4, -0.2) is 49.6 Å². The van der Waals surface area contributed by atoms with Crippen LogP contribution in [0.1, 0.15) is 38.1 Å². The zero-order valence-corrected chi connectivity index (χ0v) is 24.4. The minimum absolute atomic E-state index is 0.0253. The van der Waals surface area contributed by atoms with Crippen molar-refractivity contribution in [3.8, 4) is 17.0 Å². The van der Waals surface area contributed by atoms with Gasteiger partial charge in [0.2, 0.25) is 5.88 Å². The third-order valence-electron chi connectivity index (χ3n) is 5.78. The van der Waals surface area contributed by atoms with E-state index in [9.17, 15) is 18.0 Å². The van der Waals surface area contributed by atoms with Crippen molar-refractivity contribution in [1.29, 1.82) is 0 Å². The number of hydrogen-bond acceptors (Lipinski definition) is 8. The molecular formula is C28H34N4O6S2. The standard InChI is InChI=1S/C28H34N4O6S2/c1-5-8-13-24-30-25(39-4)26(38-28(34)37-7-3)32(24)19-20-14-16-21(17-15-20)22-11-9-10-12-23(22)40(35,36)31-27(33)29-18-6-2/h6,9-12,14-17H,2,5,7-8,13,18-19H2,1,3-4H3,(H2,29,31,33). The van der Waals surface area contributed by atoms with E-state index in [2.05, 4.69) is 18.8 Å². The SMILES string of the molecule is C=CCNC(=O)NS(=O)(=O)c1ccccc1-c1ccc(Cn2c(CCCC)nc(SC)c2OC(=O)OCC)cc1. The van der Waals surface area contributed by atoms with E-state index in [4.69, 9.17) is 14.5 Å². The fourth-order valence-electron chi connectivity index (χ4n) is 3.89. The summed E-state index contributed by atoms with van der Waals surface area (Å²) in [5, 5.41) is 3.00. The number of aryl methyl sites for hydroxylation is 1. The molecule has 3 rings (SSSR count). The zero-order valence-electron chi connectivity index (χ0n) is 22.8. The van der Waals surface area contributed by atoms with Gasteiger partial charge in [0.05, 0.1) is 18.0 Å². The van der Waals surface area contributed by atoms with Gasteiger partial charge in [0, 0.05) is 18.5 Å². The summed E-state index contributed by atoms with van der Waals surface area (Å²) in [6.45, 7) is 8.01. The van der Waals surface area contributed by atoms with E-state index in [0.29, 0.717) is 35.0 Å². The highest BCUT2D eigenvalue weighted by Crippen LogP contribution is 2.32. The van der Waals surface area contributed by atoms with E-state index in [1.807, 2.05) is 39.8 Å². The maximum Gasteiger partial charge on any atom is 0.515 e. The maximum absolute atomic E-state index is 13.0. The molecule has 0 fully saturated rings. The molecule has 2 N–H and O–H groups in total. The van der Waals surface area contributed by atoms with Crippen molar-refractivity contribution in [3.63, 3.8) is 0 Å². The summed E-state index contributed by atoms with van der Waals surface area (Å²) in [5.41, 5.74) is 1.99. The summed E-state index contributed by atoms with van der Waals surface area (Å²) < 4.78 is 40.4. The lowest BCUT2D eigenvalue weighted by molar-refractivity contribution is 0.0998. The highest BCUT2D eigenvalue weighted by molar-refractivity contribution is 7.98. The van der Waals surface area contributed by atoms with Crippen molar-refractivity contribution in [2.45, 2.75) is 49.6 Å². The van der Waals surface area contributed by atoms with Crippen LogP contribution >= 0.6 is 11.8 Å². The Hall–Kier alpha value is -3.77. The van der Waals surface area contributed by atoms with Crippen molar-refractivity contribution < 1.29 is 27.5 Å². The molecule has 0 atom stereocenters. The molecule has 40 heavy (non-hydrogen) atoms. The number of ether oxygens (including phenoxy) is 2. The van der Waals surface area contributed by atoms with Crippen molar-refractivity contribution in [2.24, 2.45) is 0 Å². The summed E-state index contributed by atoms with van der Waals surface area (Å²) in [6, 6.07) is 13.0. The molecule has 0 unspecified atom stereocenters. The summed E-state index contributed by atoms with van der Waals surface area (Å²) in [7, 11) is -4.14. The van der Waals surface area contributed by atoms with Crippen LogP contribution in [0, 0.1) is 0 Å². The van der Waals surface area contributed by atoms with Gasteiger partial charge in [-0.25, -0.2) is 27.7 Å². The van der Waals surface area contributed by atoms with Crippen molar-refractivity contribution in [3.05, 3.63) is 72.6 Å². The Labute approximate surface area is 239 Å². The molecule has 2 aromatic carbocycles. The van der Waals surface area contributed by atoms with Gasteiger partial charge in [-0.3, -0.25) is 4.57 Å². The predicted molar refractivity (Wildman–Crippen MR) is 155 cm³/mol. The quantitative estimate of drug-likeness (QED) is 0.155. The fourth-order valence-corrected chi connectivity index (χ4v) is 5.58. The van der Waals surface area contributed by atoms with Gasteiger partial charge in [-0.2, -0.15) is 0 Å². The second kappa shape index (κ2) is 14.6. The Balaban J connectivity index is 1.92. The number of rotatable bonds is 13. The molecule has 0 aliphatic carbocycles. The Morgan fingerprint density at radius 2 is 1.85 bits per heavy atom. The molecule has 0 spiro atoms. The topological polar surface area (TPSA) is 129 Å². The van der Waals surface area contributed by atoms with E-state index >= 15 is 0 Å². The lowest BCUT2D eigenvalue weighted by atomic mass is 10.0. The highest BCUT2D eigenvalue weighted by atomic mass is 32.2. The smallest absolute Gasteiger partial charge is 0.434 e. The summed E-state index contributed by atoms with van der Waals surface area (Å²) in [4.78, 5) is 28.8. The van der Waals surface area contributed by atoms with E-state index < -0.39 is 22.2 Å². The molecule has 0 aliphatic rings. The first-order chi connectivity index (χ1) is 19.2. The van der Waals surface area contributed by atoms with Crippen LogP contribution in [-0.2, 0) is 27.7 Å². The first-order valence-corrected chi connectivity index (χ1v) is 15.5. The molecule has 214 valence electrons. The van der Waals surface area contributed by atoms with E-state index in [0.717, 1.165) is 24.2 Å². The molecular weight excluding hydrogens is 552 g/mol. The molecule has 0 saturated heterocycles. The number of carbonyl (C=O) groups excluding carboxylic acids is 2. The van der Waals surface area contributed by atoms with Gasteiger partial charge in [0.1, 0.15) is 5.82 Å². The number of carbonyl (C=O) groups is 2. The second-order valence-electron chi connectivity index (χ2n) is 8.61. The Morgan fingerprint density at radius 3 is 2.50 bits per heavy atom. The van der Waals surface area contributed by atoms with Crippen LogP contribution in [0.2, 0.25) is 0 Å². The molecule has 0 aliphatic heterocycles. The molecule has 0 radical (unpaired) electrons. The van der Waals surface area contributed by atoms with Crippen molar-refractivity contribution in [2.75, 3.05) is 19.4 Å². The molecule has 1 aromatic heterocycles. The number of sulfonamides is 1. The van der Waals surface area contributed by atoms with Gasteiger partial charge in [-0.15, -0.1) is 18.3 Å². The van der Waals surface area contributed by atoms with Crippen LogP contribution < -0.4 is 14.8 Å². The van der Waals surface area contributed by atoms with Gasteiger partial charge >= 0.3 is 12.2 Å². The molecule has 0 bridgehead atoms. The minimum atomic E-state index is -4.14. The summed E-state index contributed by atoms with van der Waals surface area (Å²) >= 11 is 1.39. The normalized spacial score (nSPS) is 11.1. The Morgan fingerprint density at radius 1 is 1.12 bits per heavy atom. The predicted octanol–water partition coefficient (Wildman–Crippen LogP) is 5.37. The largest absolute Gasteiger partial charge is 0.515 e. The average molecular weight is 587 g/mol. The average Bonchev–Trinajstić information content (AvgIpc) is 3.26. The number of unbranched alkanes of at least 4 members (excludes halogenated alkanes) is 1. The van der Waals surface area contributed by atoms with Gasteiger partial charge in [-0.05, 0) is 36.8 Å². The van der Waals surface area contributed by atoms with Crippen LogP contribution in [0.4, 0.5) is 9.59 Å². The first kappa shape index (κ1) is 30.8. The van der Waals surface area contributed by atoms with Crippen molar-refractivity contribution in [1.82, 2.24) is 19.6 Å². The van der Waals surface area contributed by atoms with Gasteiger partial charge in [0.15, 0.2) is 5.03 Å². The van der Waals surface area contributed by atoms with Gasteiger partial charge < -0.3 is 14.8 Å². The number of nitrogens with one attached hydrogen (secondary N) is 2. The second-order valence-corrected chi connectivity index (χ2v) is 11.1. The van der Waals surface area contributed by atoms with E-state index in [1.165, 1.54) is 23.9 Å². The Kier molecular flexibility index (Phi) is 11.2. The lowest BCUT2D eigenvalue weighted by Gasteiger charge is -2.14. The van der Waals surface area contributed by atoms with E-state index in [1.54, 1.807) is 25.1 Å². The zero-order chi connectivity index (χ0) is 29.1. The first-order valence-electron chi connectivity index (χ1n) is 12.8. The monoisotopic (exact) mass is 586 g/mol. The molecule has 10 nitrogen and oxygen atoms in total. The van der Waals surface area contributed by atoms with Gasteiger partial charge in [-0.1, -0.05) is 61.9 Å². The molecule has 1 heterocycles. The Bertz CT molecular complexity index is 1440. The number of thioether (sulfide) groups is 1. The number of hydrogen-bond donors (Lipinski definition) is 2. The highest BCUT2D eigenvalue weighted by Gasteiger charge is 2.23. The van der Waals surface area contributed by atoms with Crippen LogP contribution in [0.5, 0.6) is 5.88 Å². The van der Waals surface area contributed by atoms with Crippen LogP contribution in [0.3, 0.4) is 0 Å². The maximum atomic E-state index is 13.0. The van der Waals surface area contributed by atoms with Crippen LogP contribution in [0.25, 0.3) is 11.1 Å². The minimum Gasteiger partial charge on any atom is -0.434 e. The molecule has 0 saturated carbocycles. The summed E-state index contributed by atoms with van der Waals surface area (Å²) in [6.07, 6.45) is 5.15. The number of aromatic nitrogens is 2. The summed E-state index contributed by atoms with van der Waals surface area (Å²) in [5.74, 6) is 1.13. The number of nitrogens with zero attached hydrogens (tertiary/aromatic N) is 2. The van der Waals surface area contributed by atoms with Gasteiger partial charge in [0.25, 0.3) is 10.0 Å².